The summed E-state index contributed by atoms with van der Waals surface area (Å²) in [5, 5.41) is 15.7. The van der Waals surface area contributed by atoms with E-state index in [1.807, 2.05) is 0 Å². The number of hydrogen-bond acceptors (Lipinski definition) is 8. The molecule has 0 bridgehead atoms. The highest BCUT2D eigenvalue weighted by Gasteiger charge is 2.41. The lowest BCUT2D eigenvalue weighted by Gasteiger charge is -2.33. The van der Waals surface area contributed by atoms with Gasteiger partial charge in [0.2, 0.25) is 11.6 Å². The first-order valence-electron chi connectivity index (χ1n) is 12.6. The lowest BCUT2D eigenvalue weighted by Crippen LogP contribution is -2.56. The number of rotatable bonds is 9. The number of carbonyl (C=O) groups is 2. The Morgan fingerprint density at radius 1 is 1.20 bits per heavy atom. The fourth-order valence-corrected chi connectivity index (χ4v) is 4.84. The summed E-state index contributed by atoms with van der Waals surface area (Å²) in [5.74, 6) is -7.93. The van der Waals surface area contributed by atoms with Crippen LogP contribution < -0.4 is 15.4 Å². The Balaban J connectivity index is 1.39. The normalized spacial score (nSPS) is 19.8. The van der Waals surface area contributed by atoms with Crippen molar-refractivity contribution < 1.29 is 45.3 Å². The molecule has 1 atom stereocenters. The molecule has 2 N–H and O–H groups in total. The molecule has 12 nitrogen and oxygen atoms in total. The fourth-order valence-electron chi connectivity index (χ4n) is 4.84. The van der Waals surface area contributed by atoms with Gasteiger partial charge in [-0.05, 0) is 40.7 Å². The number of urea groups is 1. The van der Waals surface area contributed by atoms with E-state index < -0.39 is 86.3 Å². The maximum atomic E-state index is 13.9. The smallest absolute Gasteiger partial charge is 0.318 e. The van der Waals surface area contributed by atoms with E-state index in [1.54, 1.807) is 0 Å². The van der Waals surface area contributed by atoms with Gasteiger partial charge in [-0.15, -0.1) is 0 Å². The fraction of sp³-hybridized carbons (Fsp3) is 0.565. The van der Waals surface area contributed by atoms with Crippen molar-refractivity contribution >= 4 is 17.6 Å². The van der Waals surface area contributed by atoms with Crippen molar-refractivity contribution in [3.63, 3.8) is 0 Å². The number of carbonyl (C=O) groups excluding carboxylic acids is 2. The molecule has 18 heteroatoms. The molecule has 0 aromatic carbocycles. The third-order valence-electron chi connectivity index (χ3n) is 6.83. The van der Waals surface area contributed by atoms with Crippen LogP contribution in [0, 0.1) is 5.92 Å². The van der Waals surface area contributed by atoms with Gasteiger partial charge in [0.1, 0.15) is 0 Å². The molecule has 2 aliphatic rings. The van der Waals surface area contributed by atoms with E-state index in [-0.39, 0.29) is 30.7 Å². The number of amides is 3. The molecule has 222 valence electrons. The Hall–Kier alpha value is -4.12. The number of alkyl halides is 6. The van der Waals surface area contributed by atoms with Crippen LogP contribution in [0.15, 0.2) is 23.1 Å². The van der Waals surface area contributed by atoms with E-state index in [0.717, 1.165) is 4.90 Å². The summed E-state index contributed by atoms with van der Waals surface area (Å²) in [6.45, 7) is -2.77. The Morgan fingerprint density at radius 3 is 2.68 bits per heavy atom. The minimum atomic E-state index is -3.10. The van der Waals surface area contributed by atoms with Gasteiger partial charge in [0, 0.05) is 19.4 Å². The Labute approximate surface area is 227 Å². The number of ether oxygens (including phenoxy) is 1. The second-order valence-electron chi connectivity index (χ2n) is 9.97. The van der Waals surface area contributed by atoms with Crippen LogP contribution in [0.25, 0.3) is 5.65 Å². The third kappa shape index (κ3) is 6.62. The minimum Gasteiger partial charge on any atom is -0.468 e. The Kier molecular flexibility index (Phi) is 7.65. The van der Waals surface area contributed by atoms with E-state index in [2.05, 4.69) is 35.7 Å². The zero-order chi connectivity index (χ0) is 29.4. The summed E-state index contributed by atoms with van der Waals surface area (Å²) in [5.41, 5.74) is 0.366. The van der Waals surface area contributed by atoms with Crippen LogP contribution in [0.2, 0.25) is 0 Å². The topological polar surface area (TPSA) is 140 Å². The van der Waals surface area contributed by atoms with Crippen molar-refractivity contribution in [2.24, 2.45) is 5.92 Å². The lowest BCUT2D eigenvalue weighted by molar-refractivity contribution is -0.0495. The monoisotopic (exact) mass is 590 g/mol. The van der Waals surface area contributed by atoms with Gasteiger partial charge in [0.15, 0.2) is 12.3 Å². The molecule has 5 rings (SSSR count). The number of fused-ring (bicyclic) bond motifs is 1. The second kappa shape index (κ2) is 11.0. The predicted octanol–water partition coefficient (Wildman–Crippen LogP) is 3.21. The molecule has 1 aliphatic heterocycles. The van der Waals surface area contributed by atoms with Crippen molar-refractivity contribution in [3.05, 3.63) is 35.4 Å². The second-order valence-corrected chi connectivity index (χ2v) is 9.97. The average molecular weight is 590 g/mol. The first kappa shape index (κ1) is 28.4. The van der Waals surface area contributed by atoms with Gasteiger partial charge >= 0.3 is 6.03 Å². The van der Waals surface area contributed by atoms with Crippen LogP contribution in [-0.4, -0.2) is 79.7 Å². The lowest BCUT2D eigenvalue weighted by atomic mass is 9.81. The number of nitrogens with zero attached hydrogens (tertiary/aromatic N) is 6. The molecular weight excluding hydrogens is 566 g/mol. The molecule has 3 aromatic heterocycles. The largest absolute Gasteiger partial charge is 0.468 e. The summed E-state index contributed by atoms with van der Waals surface area (Å²) in [6.07, 6.45) is -0.791. The maximum absolute atomic E-state index is 13.9. The van der Waals surface area contributed by atoms with Crippen LogP contribution in [0.1, 0.15) is 53.5 Å². The van der Waals surface area contributed by atoms with E-state index in [4.69, 9.17) is 4.74 Å². The molecule has 3 amide bonds. The molecule has 1 saturated heterocycles. The number of aromatic nitrogens is 5. The van der Waals surface area contributed by atoms with E-state index in [0.29, 0.717) is 5.56 Å². The minimum absolute atomic E-state index is 0.0363. The molecule has 1 saturated carbocycles. The van der Waals surface area contributed by atoms with Gasteiger partial charge in [-0.25, -0.2) is 45.3 Å². The van der Waals surface area contributed by atoms with Gasteiger partial charge in [-0.1, -0.05) is 0 Å². The summed E-state index contributed by atoms with van der Waals surface area (Å²) in [4.78, 5) is 30.5. The molecule has 0 spiro atoms. The average Bonchev–Trinajstić information content (AvgIpc) is 3.55. The zero-order valence-electron chi connectivity index (χ0n) is 21.2. The van der Waals surface area contributed by atoms with Crippen LogP contribution in [0.4, 0.5) is 31.1 Å². The number of hydrogen-bond donors (Lipinski definition) is 2. The molecular formula is C23H24F6N8O4. The standard InChI is InChI=1S/C23H24F6N8O4/c24-15(25)9-40-20-18(34-41-35-20)19(38)33-17(13-1-3-22(26,27)4-2-13)14-8-37-16(32-14)5-12(6-31-37)7-36-11-23(28,29)10-30-21(36)39/h5-6,8,13,15,17H,1-4,7,9-11H2,(H,30,39)(H,33,38). The molecule has 1 unspecified atom stereocenters. The summed E-state index contributed by atoms with van der Waals surface area (Å²) >= 11 is 0. The molecule has 3 aromatic rings. The number of halogens is 6. The van der Waals surface area contributed by atoms with E-state index in [1.165, 1.54) is 23.0 Å². The van der Waals surface area contributed by atoms with E-state index in [9.17, 15) is 35.9 Å². The van der Waals surface area contributed by atoms with Gasteiger partial charge in [-0.3, -0.25) is 4.79 Å². The molecule has 4 heterocycles. The summed E-state index contributed by atoms with van der Waals surface area (Å²) in [6, 6.07) is -0.0756. The first-order chi connectivity index (χ1) is 19.4. The zero-order valence-corrected chi connectivity index (χ0v) is 21.2. The molecule has 2 fully saturated rings. The predicted molar refractivity (Wildman–Crippen MR) is 125 cm³/mol. The van der Waals surface area contributed by atoms with Crippen molar-refractivity contribution in [2.75, 3.05) is 19.7 Å². The van der Waals surface area contributed by atoms with Gasteiger partial charge in [0.25, 0.3) is 24.1 Å². The number of nitrogens with one attached hydrogen (secondary N) is 2. The van der Waals surface area contributed by atoms with Gasteiger partial charge in [-0.2, -0.15) is 5.10 Å². The van der Waals surface area contributed by atoms with Gasteiger partial charge < -0.3 is 20.3 Å². The Bertz CT molecular complexity index is 1410. The van der Waals surface area contributed by atoms with Crippen molar-refractivity contribution in [1.82, 2.24) is 40.4 Å². The first-order valence-corrected chi connectivity index (χ1v) is 12.6. The van der Waals surface area contributed by atoms with Crippen molar-refractivity contribution in [2.45, 2.75) is 56.5 Å². The highest BCUT2D eigenvalue weighted by molar-refractivity contribution is 5.94. The Morgan fingerprint density at radius 2 is 1.95 bits per heavy atom. The highest BCUT2D eigenvalue weighted by Crippen LogP contribution is 2.41. The van der Waals surface area contributed by atoms with Crippen molar-refractivity contribution in [3.8, 4) is 5.88 Å². The van der Waals surface area contributed by atoms with Crippen LogP contribution in [0.3, 0.4) is 0 Å². The summed E-state index contributed by atoms with van der Waals surface area (Å²) in [7, 11) is 0. The maximum Gasteiger partial charge on any atom is 0.318 e. The van der Waals surface area contributed by atoms with Crippen molar-refractivity contribution in [1.29, 1.82) is 0 Å². The van der Waals surface area contributed by atoms with Crippen LogP contribution in [0.5, 0.6) is 5.88 Å². The number of imidazole rings is 1. The molecule has 0 radical (unpaired) electrons. The van der Waals surface area contributed by atoms with Crippen LogP contribution >= 0.6 is 0 Å². The molecule has 1 aliphatic carbocycles. The van der Waals surface area contributed by atoms with E-state index >= 15 is 0 Å². The quantitative estimate of drug-likeness (QED) is 0.362. The third-order valence-corrected chi connectivity index (χ3v) is 6.83. The molecule has 41 heavy (non-hydrogen) atoms. The van der Waals surface area contributed by atoms with Gasteiger partial charge in [0.05, 0.1) is 37.2 Å². The highest BCUT2D eigenvalue weighted by atomic mass is 19.3. The SMILES string of the molecule is O=C(NC(c1cn2ncc(CN3CC(F)(F)CNC3=O)cc2n1)C1CCC(F)(F)CC1)c1nonc1OCC(F)F. The summed E-state index contributed by atoms with van der Waals surface area (Å²) < 4.78 is 91.1. The van der Waals surface area contributed by atoms with Crippen LogP contribution in [-0.2, 0) is 6.54 Å².